The second-order valence-corrected chi connectivity index (χ2v) is 5.43. The van der Waals surface area contributed by atoms with E-state index in [1.807, 2.05) is 0 Å². The average molecular weight is 227 g/mol. The normalized spacial score (nSPS) is 19.5. The van der Waals surface area contributed by atoms with Gasteiger partial charge in [-0.05, 0) is 65.5 Å². The lowest BCUT2D eigenvalue weighted by molar-refractivity contribution is 0.193. The van der Waals surface area contributed by atoms with Gasteiger partial charge in [-0.1, -0.05) is 6.92 Å². The Morgan fingerprint density at radius 1 is 1.19 bits per heavy atom. The summed E-state index contributed by atoms with van der Waals surface area (Å²) in [4.78, 5) is 4.84. The molecule has 0 amide bonds. The van der Waals surface area contributed by atoms with Crippen LogP contribution in [0.2, 0.25) is 0 Å². The third kappa shape index (κ3) is 6.46. The van der Waals surface area contributed by atoms with Crippen LogP contribution in [0.3, 0.4) is 0 Å². The van der Waals surface area contributed by atoms with E-state index in [2.05, 4.69) is 36.1 Å². The molecule has 1 heterocycles. The summed E-state index contributed by atoms with van der Waals surface area (Å²) in [5, 5.41) is 3.53. The van der Waals surface area contributed by atoms with Crippen molar-refractivity contribution in [2.75, 3.05) is 53.4 Å². The van der Waals surface area contributed by atoms with Crippen molar-refractivity contribution < 1.29 is 0 Å². The van der Waals surface area contributed by atoms with Crippen molar-refractivity contribution >= 4 is 0 Å². The summed E-state index contributed by atoms with van der Waals surface area (Å²) < 4.78 is 0. The largest absolute Gasteiger partial charge is 0.315 e. The van der Waals surface area contributed by atoms with E-state index < -0.39 is 0 Å². The van der Waals surface area contributed by atoms with E-state index in [9.17, 15) is 0 Å². The number of nitrogens with zero attached hydrogens (tertiary/aromatic N) is 2. The number of nitrogens with one attached hydrogen (secondary N) is 1. The van der Waals surface area contributed by atoms with Gasteiger partial charge < -0.3 is 15.1 Å². The first-order valence-corrected chi connectivity index (χ1v) is 6.76. The highest BCUT2D eigenvalue weighted by Crippen LogP contribution is 2.14. The van der Waals surface area contributed by atoms with Crippen molar-refractivity contribution in [2.24, 2.45) is 5.92 Å². The van der Waals surface area contributed by atoms with E-state index in [-0.39, 0.29) is 0 Å². The predicted octanol–water partition coefficient (Wildman–Crippen LogP) is 1.26. The van der Waals surface area contributed by atoms with Gasteiger partial charge in [0.25, 0.3) is 0 Å². The van der Waals surface area contributed by atoms with Crippen LogP contribution in [0.1, 0.15) is 26.2 Å². The zero-order valence-corrected chi connectivity index (χ0v) is 11.3. The molecule has 3 nitrogen and oxygen atoms in total. The van der Waals surface area contributed by atoms with Crippen molar-refractivity contribution in [1.82, 2.24) is 15.1 Å². The van der Waals surface area contributed by atoms with Crippen LogP contribution in [0, 0.1) is 5.92 Å². The molecule has 96 valence electrons. The van der Waals surface area contributed by atoms with Crippen LogP contribution in [0.25, 0.3) is 0 Å². The Kier molecular flexibility index (Phi) is 7.01. The number of rotatable bonds is 7. The second kappa shape index (κ2) is 8.04. The van der Waals surface area contributed by atoms with Crippen LogP contribution in [0.15, 0.2) is 0 Å². The monoisotopic (exact) mass is 227 g/mol. The summed E-state index contributed by atoms with van der Waals surface area (Å²) >= 11 is 0. The van der Waals surface area contributed by atoms with Gasteiger partial charge in [0.1, 0.15) is 0 Å². The molecule has 0 spiro atoms. The van der Waals surface area contributed by atoms with Crippen molar-refractivity contribution in [2.45, 2.75) is 26.2 Å². The molecule has 3 heteroatoms. The zero-order valence-electron chi connectivity index (χ0n) is 11.3. The third-order valence-corrected chi connectivity index (χ3v) is 3.44. The summed E-state index contributed by atoms with van der Waals surface area (Å²) in [5.74, 6) is 0.948. The SMILES string of the molecule is CC1CCN(CCNCCCN(C)C)CC1. The average Bonchev–Trinajstić information content (AvgIpc) is 2.25. The molecule has 1 aliphatic rings. The van der Waals surface area contributed by atoms with Gasteiger partial charge in [0.2, 0.25) is 0 Å². The maximum Gasteiger partial charge on any atom is 0.0107 e. The lowest BCUT2D eigenvalue weighted by Gasteiger charge is -2.30. The first-order chi connectivity index (χ1) is 7.68. The van der Waals surface area contributed by atoms with Gasteiger partial charge in [-0.15, -0.1) is 0 Å². The smallest absolute Gasteiger partial charge is 0.0107 e. The summed E-state index contributed by atoms with van der Waals surface area (Å²) in [7, 11) is 4.27. The highest BCUT2D eigenvalue weighted by atomic mass is 15.1. The fraction of sp³-hybridized carbons (Fsp3) is 1.00. The fourth-order valence-corrected chi connectivity index (χ4v) is 2.17. The Balaban J connectivity index is 1.87. The summed E-state index contributed by atoms with van der Waals surface area (Å²) in [5.41, 5.74) is 0. The molecule has 0 aromatic carbocycles. The molecule has 1 N–H and O–H groups in total. The highest BCUT2D eigenvalue weighted by molar-refractivity contribution is 4.69. The number of likely N-dealkylation sites (tertiary alicyclic amines) is 1. The summed E-state index contributed by atoms with van der Waals surface area (Å²) in [6.07, 6.45) is 4.03. The number of hydrogen-bond acceptors (Lipinski definition) is 3. The second-order valence-electron chi connectivity index (χ2n) is 5.43. The lowest BCUT2D eigenvalue weighted by Crippen LogP contribution is -2.38. The molecule has 16 heavy (non-hydrogen) atoms. The molecule has 0 aliphatic carbocycles. The Morgan fingerprint density at radius 2 is 1.88 bits per heavy atom. The molecule has 0 aromatic heterocycles. The van der Waals surface area contributed by atoms with Crippen LogP contribution in [0.4, 0.5) is 0 Å². The third-order valence-electron chi connectivity index (χ3n) is 3.44. The topological polar surface area (TPSA) is 18.5 Å². The van der Waals surface area contributed by atoms with Crippen LogP contribution >= 0.6 is 0 Å². The molecule has 0 atom stereocenters. The van der Waals surface area contributed by atoms with Crippen molar-refractivity contribution in [3.63, 3.8) is 0 Å². The molecule has 0 saturated carbocycles. The molecule has 1 saturated heterocycles. The van der Waals surface area contributed by atoms with Gasteiger partial charge in [0.15, 0.2) is 0 Å². The first-order valence-electron chi connectivity index (χ1n) is 6.76. The van der Waals surface area contributed by atoms with Gasteiger partial charge in [0, 0.05) is 13.1 Å². The van der Waals surface area contributed by atoms with E-state index in [4.69, 9.17) is 0 Å². The summed E-state index contributed by atoms with van der Waals surface area (Å²) in [6.45, 7) is 9.71. The summed E-state index contributed by atoms with van der Waals surface area (Å²) in [6, 6.07) is 0. The van der Waals surface area contributed by atoms with E-state index in [1.54, 1.807) is 0 Å². The number of hydrogen-bond donors (Lipinski definition) is 1. The maximum absolute atomic E-state index is 3.53. The molecule has 1 aliphatic heterocycles. The van der Waals surface area contributed by atoms with Gasteiger partial charge in [-0.25, -0.2) is 0 Å². The van der Waals surface area contributed by atoms with Gasteiger partial charge in [-0.3, -0.25) is 0 Å². The predicted molar refractivity (Wildman–Crippen MR) is 70.9 cm³/mol. The van der Waals surface area contributed by atoms with Crippen LogP contribution in [-0.4, -0.2) is 63.2 Å². The van der Waals surface area contributed by atoms with E-state index in [1.165, 1.54) is 45.4 Å². The van der Waals surface area contributed by atoms with Crippen molar-refractivity contribution in [3.8, 4) is 0 Å². The van der Waals surface area contributed by atoms with Gasteiger partial charge >= 0.3 is 0 Å². The van der Waals surface area contributed by atoms with Crippen molar-refractivity contribution in [3.05, 3.63) is 0 Å². The van der Waals surface area contributed by atoms with Crippen LogP contribution in [-0.2, 0) is 0 Å². The minimum Gasteiger partial charge on any atom is -0.315 e. The standard InChI is InChI=1S/C13H29N3/c1-13-5-10-16(11-6-13)12-8-14-7-4-9-15(2)3/h13-14H,4-12H2,1-3H3. The van der Waals surface area contributed by atoms with Crippen LogP contribution in [0.5, 0.6) is 0 Å². The van der Waals surface area contributed by atoms with Crippen molar-refractivity contribution in [1.29, 1.82) is 0 Å². The Hall–Kier alpha value is -0.120. The van der Waals surface area contributed by atoms with Gasteiger partial charge in [-0.2, -0.15) is 0 Å². The van der Waals surface area contributed by atoms with E-state index in [0.29, 0.717) is 0 Å². The minimum absolute atomic E-state index is 0.948. The quantitative estimate of drug-likeness (QED) is 0.661. The fourth-order valence-electron chi connectivity index (χ4n) is 2.17. The minimum atomic E-state index is 0.948. The van der Waals surface area contributed by atoms with Gasteiger partial charge in [0.05, 0.1) is 0 Å². The molecule has 0 unspecified atom stereocenters. The molecule has 1 fully saturated rings. The molecule has 0 bridgehead atoms. The molecule has 1 rings (SSSR count). The highest BCUT2D eigenvalue weighted by Gasteiger charge is 2.14. The van der Waals surface area contributed by atoms with E-state index in [0.717, 1.165) is 19.0 Å². The Morgan fingerprint density at radius 3 is 2.50 bits per heavy atom. The van der Waals surface area contributed by atoms with E-state index >= 15 is 0 Å². The number of piperidine rings is 1. The molecular formula is C13H29N3. The lowest BCUT2D eigenvalue weighted by atomic mass is 9.99. The Labute approximate surface area is 101 Å². The molecule has 0 radical (unpaired) electrons. The molecule has 0 aromatic rings. The first kappa shape index (κ1) is 13.9. The maximum atomic E-state index is 3.53. The Bertz CT molecular complexity index is 163. The zero-order chi connectivity index (χ0) is 11.8. The van der Waals surface area contributed by atoms with Crippen LogP contribution < -0.4 is 5.32 Å². The molecular weight excluding hydrogens is 198 g/mol.